The first kappa shape index (κ1) is 22.4. The lowest BCUT2D eigenvalue weighted by Gasteiger charge is -2.46. The molecule has 0 saturated heterocycles. The molecule has 2 aromatic rings. The van der Waals surface area contributed by atoms with Crippen molar-refractivity contribution in [2.24, 2.45) is 5.41 Å². The Morgan fingerprint density at radius 3 is 2.07 bits per heavy atom. The average Bonchev–Trinajstić information content (AvgIpc) is 2.58. The summed E-state index contributed by atoms with van der Waals surface area (Å²) in [6.07, 6.45) is 0.956. The van der Waals surface area contributed by atoms with Crippen LogP contribution in [0.15, 0.2) is 48.5 Å². The zero-order valence-electron chi connectivity index (χ0n) is 19.0. The SMILES string of the molecule is CCO[N+](Cc1cccc(C)c1C)(Oc1ccccc1)C(C)(C)CC(C)(C)C. The predicted molar refractivity (Wildman–Crippen MR) is 117 cm³/mol. The number of quaternary nitrogens is 1. The summed E-state index contributed by atoms with van der Waals surface area (Å²) in [4.78, 5) is 13.2. The molecule has 2 aromatic carbocycles. The van der Waals surface area contributed by atoms with E-state index in [-0.39, 0.29) is 15.8 Å². The van der Waals surface area contributed by atoms with Crippen molar-refractivity contribution in [3.63, 3.8) is 0 Å². The molecular formula is C25H38NO2+. The molecule has 0 saturated carbocycles. The molecule has 1 unspecified atom stereocenters. The molecule has 0 bridgehead atoms. The highest BCUT2D eigenvalue weighted by atomic mass is 17.0. The number of para-hydroxylation sites is 1. The van der Waals surface area contributed by atoms with Crippen molar-refractivity contribution in [1.29, 1.82) is 0 Å². The normalized spacial score (nSPS) is 14.6. The highest BCUT2D eigenvalue weighted by Crippen LogP contribution is 2.40. The number of aryl methyl sites for hydroxylation is 1. The van der Waals surface area contributed by atoms with E-state index in [9.17, 15) is 0 Å². The maximum atomic E-state index is 6.67. The molecule has 1 atom stereocenters. The van der Waals surface area contributed by atoms with Crippen molar-refractivity contribution < 1.29 is 14.5 Å². The van der Waals surface area contributed by atoms with Crippen molar-refractivity contribution >= 4 is 0 Å². The Hall–Kier alpha value is -1.84. The molecule has 0 fully saturated rings. The summed E-state index contributed by atoms with van der Waals surface area (Å²) in [7, 11) is 0. The van der Waals surface area contributed by atoms with Crippen LogP contribution in [0, 0.1) is 19.3 Å². The van der Waals surface area contributed by atoms with Gasteiger partial charge in [-0.3, -0.25) is 4.84 Å². The van der Waals surface area contributed by atoms with Crippen LogP contribution in [-0.2, 0) is 11.4 Å². The Kier molecular flexibility index (Phi) is 6.95. The highest BCUT2D eigenvalue weighted by molar-refractivity contribution is 5.32. The van der Waals surface area contributed by atoms with Gasteiger partial charge in [0.25, 0.3) is 0 Å². The summed E-state index contributed by atoms with van der Waals surface area (Å²) in [6, 6.07) is 16.5. The smallest absolute Gasteiger partial charge is 0.194 e. The summed E-state index contributed by atoms with van der Waals surface area (Å²) >= 11 is 0. The summed E-state index contributed by atoms with van der Waals surface area (Å²) < 4.78 is 0. The molecule has 0 N–H and O–H groups in total. The van der Waals surface area contributed by atoms with E-state index >= 15 is 0 Å². The maximum absolute atomic E-state index is 6.67. The van der Waals surface area contributed by atoms with Crippen LogP contribution < -0.4 is 4.84 Å². The van der Waals surface area contributed by atoms with Gasteiger partial charge in [0.1, 0.15) is 6.61 Å². The Morgan fingerprint density at radius 1 is 0.857 bits per heavy atom. The fourth-order valence-electron chi connectivity index (χ4n) is 4.10. The lowest BCUT2D eigenvalue weighted by atomic mass is 9.81. The van der Waals surface area contributed by atoms with E-state index in [4.69, 9.17) is 9.68 Å². The minimum atomic E-state index is -0.264. The summed E-state index contributed by atoms with van der Waals surface area (Å²) in [6.45, 7) is 18.9. The fourth-order valence-corrected chi connectivity index (χ4v) is 4.10. The second kappa shape index (κ2) is 8.67. The number of nitrogens with zero attached hydrogens (tertiary/aromatic N) is 1. The van der Waals surface area contributed by atoms with Gasteiger partial charge in [-0.2, -0.15) is 4.84 Å². The minimum Gasteiger partial charge on any atom is -0.280 e. The molecule has 0 amide bonds. The molecule has 28 heavy (non-hydrogen) atoms. The topological polar surface area (TPSA) is 18.5 Å². The molecule has 3 nitrogen and oxygen atoms in total. The van der Waals surface area contributed by atoms with E-state index in [0.717, 1.165) is 12.2 Å². The first-order chi connectivity index (χ1) is 13.0. The van der Waals surface area contributed by atoms with Crippen LogP contribution >= 0.6 is 0 Å². The molecule has 0 aliphatic heterocycles. The van der Waals surface area contributed by atoms with Gasteiger partial charge in [0.05, 0.1) is 0 Å². The van der Waals surface area contributed by atoms with Crippen LogP contribution in [0.5, 0.6) is 5.75 Å². The van der Waals surface area contributed by atoms with Crippen LogP contribution in [0.4, 0.5) is 0 Å². The Balaban J connectivity index is 2.57. The summed E-state index contributed by atoms with van der Waals surface area (Å²) in [5, 5.41) is 0. The van der Waals surface area contributed by atoms with E-state index in [1.54, 1.807) is 0 Å². The number of hydrogen-bond acceptors (Lipinski definition) is 2. The summed E-state index contributed by atoms with van der Waals surface area (Å²) in [5.41, 5.74) is 3.73. The van der Waals surface area contributed by atoms with Gasteiger partial charge in [-0.25, -0.2) is 0 Å². The molecule has 0 aliphatic rings. The number of hydroxylamine groups is 4. The van der Waals surface area contributed by atoms with Crippen LogP contribution in [0.1, 0.15) is 64.7 Å². The van der Waals surface area contributed by atoms with Gasteiger partial charge in [0.2, 0.25) is 0 Å². The third kappa shape index (κ3) is 5.36. The highest BCUT2D eigenvalue weighted by Gasteiger charge is 2.52. The van der Waals surface area contributed by atoms with Gasteiger partial charge < -0.3 is 0 Å². The largest absolute Gasteiger partial charge is 0.280 e. The number of benzene rings is 2. The number of rotatable bonds is 8. The first-order valence-electron chi connectivity index (χ1n) is 10.3. The van der Waals surface area contributed by atoms with Crippen LogP contribution in [0.25, 0.3) is 0 Å². The lowest BCUT2D eigenvalue weighted by molar-refractivity contribution is -1.26. The Bertz CT molecular complexity index is 762. The van der Waals surface area contributed by atoms with E-state index in [0.29, 0.717) is 13.2 Å². The van der Waals surface area contributed by atoms with Crippen molar-refractivity contribution in [2.45, 2.75) is 73.9 Å². The summed E-state index contributed by atoms with van der Waals surface area (Å²) in [5.74, 6) is 0.822. The third-order valence-electron chi connectivity index (χ3n) is 5.31. The Labute approximate surface area is 171 Å². The van der Waals surface area contributed by atoms with Gasteiger partial charge in [-0.1, -0.05) is 57.2 Å². The van der Waals surface area contributed by atoms with Crippen molar-refractivity contribution in [3.05, 3.63) is 65.2 Å². The van der Waals surface area contributed by atoms with Gasteiger partial charge in [0.15, 0.2) is 17.8 Å². The molecular weight excluding hydrogens is 346 g/mol. The van der Waals surface area contributed by atoms with Crippen molar-refractivity contribution in [2.75, 3.05) is 6.61 Å². The van der Waals surface area contributed by atoms with Crippen LogP contribution in [0.2, 0.25) is 0 Å². The Morgan fingerprint density at radius 2 is 1.50 bits per heavy atom. The van der Waals surface area contributed by atoms with Gasteiger partial charge in [-0.15, -0.1) is 0 Å². The molecule has 0 aromatic heterocycles. The second-order valence-corrected chi connectivity index (χ2v) is 9.56. The fraction of sp³-hybridized carbons (Fsp3) is 0.520. The average molecular weight is 385 g/mol. The van der Waals surface area contributed by atoms with Crippen LogP contribution in [0.3, 0.4) is 0 Å². The molecule has 0 heterocycles. The van der Waals surface area contributed by atoms with E-state index in [1.807, 2.05) is 37.3 Å². The predicted octanol–water partition coefficient (Wildman–Crippen LogP) is 6.78. The molecule has 2 rings (SSSR count). The van der Waals surface area contributed by atoms with Crippen LogP contribution in [-0.4, -0.2) is 17.0 Å². The maximum Gasteiger partial charge on any atom is 0.194 e. The quantitative estimate of drug-likeness (QED) is 0.369. The van der Waals surface area contributed by atoms with Crippen molar-refractivity contribution in [3.8, 4) is 5.75 Å². The number of hydrogen-bond donors (Lipinski definition) is 0. The van der Waals surface area contributed by atoms with E-state index in [1.165, 1.54) is 16.7 Å². The van der Waals surface area contributed by atoms with Gasteiger partial charge in [0, 0.05) is 16.8 Å². The van der Waals surface area contributed by atoms with Crippen molar-refractivity contribution in [1.82, 2.24) is 0 Å². The minimum absolute atomic E-state index is 0.106. The second-order valence-electron chi connectivity index (χ2n) is 9.56. The molecule has 154 valence electrons. The van der Waals surface area contributed by atoms with Gasteiger partial charge >= 0.3 is 0 Å². The lowest BCUT2D eigenvalue weighted by Crippen LogP contribution is -2.63. The molecule has 0 radical (unpaired) electrons. The molecule has 3 heteroatoms. The van der Waals surface area contributed by atoms with E-state index < -0.39 is 0 Å². The van der Waals surface area contributed by atoms with E-state index in [2.05, 4.69) is 66.7 Å². The molecule has 0 spiro atoms. The zero-order chi connectivity index (χ0) is 21.0. The first-order valence-corrected chi connectivity index (χ1v) is 10.3. The third-order valence-corrected chi connectivity index (χ3v) is 5.31. The molecule has 0 aliphatic carbocycles. The monoisotopic (exact) mass is 384 g/mol. The standard InChI is InChI=1S/C25H38NO2/c1-9-27-26(25(7,8)19-24(4,5)6,28-23-16-11-10-12-17-23)18-22-15-13-14-20(2)21(22)3/h10-17H,9,18-19H2,1-8H3/q+1. The zero-order valence-corrected chi connectivity index (χ0v) is 19.0. The van der Waals surface area contributed by atoms with Gasteiger partial charge in [-0.05, 0) is 63.3 Å².